The lowest BCUT2D eigenvalue weighted by molar-refractivity contribution is -0.141. The van der Waals surface area contributed by atoms with Gasteiger partial charge in [0.25, 0.3) is 0 Å². The highest BCUT2D eigenvalue weighted by Gasteiger charge is 2.33. The van der Waals surface area contributed by atoms with Gasteiger partial charge in [-0.3, -0.25) is 14.9 Å². The summed E-state index contributed by atoms with van der Waals surface area (Å²) >= 11 is 1.66. The number of H-pyrrole nitrogens is 1. The number of nitrogens with zero attached hydrogens (tertiary/aromatic N) is 2. The van der Waals surface area contributed by atoms with Crippen molar-refractivity contribution in [1.29, 1.82) is 0 Å². The lowest BCUT2D eigenvalue weighted by atomic mass is 10.0. The maximum atomic E-state index is 12.2. The highest BCUT2D eigenvalue weighted by Crippen LogP contribution is 2.23. The van der Waals surface area contributed by atoms with Crippen LogP contribution in [0.4, 0.5) is 0 Å². The van der Waals surface area contributed by atoms with Crippen molar-refractivity contribution in [3.05, 3.63) is 65.9 Å². The maximum absolute atomic E-state index is 12.2. The second-order valence-corrected chi connectivity index (χ2v) is 8.36. The summed E-state index contributed by atoms with van der Waals surface area (Å²) in [6.07, 6.45) is 4.07. The van der Waals surface area contributed by atoms with Crippen LogP contribution in [0.5, 0.6) is 0 Å². The lowest BCUT2D eigenvalue weighted by Crippen LogP contribution is -2.51. The first-order valence-corrected chi connectivity index (χ1v) is 11.2. The van der Waals surface area contributed by atoms with Crippen molar-refractivity contribution in [1.82, 2.24) is 15.3 Å². The number of carbonyl (C=O) groups excluding carboxylic acids is 1. The van der Waals surface area contributed by atoms with Gasteiger partial charge in [-0.1, -0.05) is 30.3 Å². The zero-order valence-electron chi connectivity index (χ0n) is 17.3. The summed E-state index contributed by atoms with van der Waals surface area (Å²) in [7, 11) is 0. The number of thioether (sulfide) groups is 1. The van der Waals surface area contributed by atoms with E-state index in [0.29, 0.717) is 12.8 Å². The minimum Gasteiger partial charge on any atom is -0.480 e. The highest BCUT2D eigenvalue weighted by molar-refractivity contribution is 7.98. The first kappa shape index (κ1) is 21.1. The Morgan fingerprint density at radius 1 is 1.26 bits per heavy atom. The van der Waals surface area contributed by atoms with Gasteiger partial charge in [-0.2, -0.15) is 5.10 Å². The van der Waals surface area contributed by atoms with E-state index in [9.17, 15) is 14.7 Å². The molecule has 1 aliphatic heterocycles. The zero-order chi connectivity index (χ0) is 22.0. The Kier molecular flexibility index (Phi) is 6.11. The molecule has 31 heavy (non-hydrogen) atoms. The van der Waals surface area contributed by atoms with Crippen LogP contribution in [-0.2, 0) is 16.0 Å². The molecular formula is C23H24N4O3S. The van der Waals surface area contributed by atoms with Gasteiger partial charge in [0.15, 0.2) is 0 Å². The number of aliphatic carboxylic acids is 1. The van der Waals surface area contributed by atoms with E-state index in [2.05, 4.69) is 15.4 Å². The van der Waals surface area contributed by atoms with E-state index in [1.165, 1.54) is 11.9 Å². The number of carboxylic acid groups (broad SMARTS) is 1. The third-order valence-corrected chi connectivity index (χ3v) is 6.19. The number of hydrazone groups is 1. The Morgan fingerprint density at radius 3 is 2.68 bits per heavy atom. The topological polar surface area (TPSA) is 97.8 Å². The highest BCUT2D eigenvalue weighted by atomic mass is 32.2. The number of hydrogen-bond donors (Lipinski definition) is 3. The average molecular weight is 437 g/mol. The molecule has 1 aromatic heterocycles. The summed E-state index contributed by atoms with van der Waals surface area (Å²) < 4.78 is 0. The summed E-state index contributed by atoms with van der Waals surface area (Å²) in [6, 6.07) is 14.9. The summed E-state index contributed by atoms with van der Waals surface area (Å²) in [6.45, 7) is 1.44. The molecule has 3 N–H and O–H groups in total. The normalized spacial score (nSPS) is 17.0. The van der Waals surface area contributed by atoms with Gasteiger partial charge in [-0.05, 0) is 35.6 Å². The van der Waals surface area contributed by atoms with E-state index in [4.69, 9.17) is 0 Å². The van der Waals surface area contributed by atoms with E-state index in [1.54, 1.807) is 11.8 Å². The predicted molar refractivity (Wildman–Crippen MR) is 122 cm³/mol. The molecule has 160 valence electrons. The van der Waals surface area contributed by atoms with Crippen LogP contribution in [0, 0.1) is 0 Å². The van der Waals surface area contributed by atoms with Crippen LogP contribution in [-0.4, -0.2) is 51.2 Å². The molecule has 1 aliphatic rings. The molecule has 0 saturated heterocycles. The molecule has 2 aromatic carbocycles. The third-order valence-electron chi connectivity index (χ3n) is 5.45. The summed E-state index contributed by atoms with van der Waals surface area (Å²) in [4.78, 5) is 28.6. The number of para-hydroxylation sites is 1. The quantitative estimate of drug-likeness (QED) is 0.493. The molecular weight excluding hydrogens is 412 g/mol. The van der Waals surface area contributed by atoms with Crippen LogP contribution < -0.4 is 5.32 Å². The average Bonchev–Trinajstić information content (AvgIpc) is 3.38. The molecule has 2 heterocycles. The number of fused-ring (bicyclic) bond motifs is 1. The van der Waals surface area contributed by atoms with Crippen molar-refractivity contribution in [2.75, 3.05) is 6.26 Å². The number of aromatic nitrogens is 1. The minimum atomic E-state index is -0.966. The van der Waals surface area contributed by atoms with E-state index >= 15 is 0 Å². The minimum absolute atomic E-state index is 0.232. The standard InChI is InChI=1S/C23H24N4O3S/c1-14(28)27-22(12-20(26-27)15-7-9-17(31-2)10-8-15)25-21(23(29)30)11-16-13-24-19-6-4-3-5-18(16)19/h3-10,13,21-22,24-25H,11-12H2,1-2H3,(H,29,30)/t21-,22+/m0/s1. The number of amides is 1. The fourth-order valence-corrected chi connectivity index (χ4v) is 4.27. The van der Waals surface area contributed by atoms with Crippen molar-refractivity contribution < 1.29 is 14.7 Å². The van der Waals surface area contributed by atoms with E-state index in [0.717, 1.165) is 32.6 Å². The first-order chi connectivity index (χ1) is 15.0. The second kappa shape index (κ2) is 8.95. The van der Waals surface area contributed by atoms with Gasteiger partial charge in [0.05, 0.1) is 5.71 Å². The molecule has 0 unspecified atom stereocenters. The molecule has 0 fully saturated rings. The molecule has 3 aromatic rings. The van der Waals surface area contributed by atoms with Crippen LogP contribution in [0.3, 0.4) is 0 Å². The molecule has 0 saturated carbocycles. The third kappa shape index (κ3) is 4.50. The van der Waals surface area contributed by atoms with Crippen LogP contribution in [0.25, 0.3) is 10.9 Å². The van der Waals surface area contributed by atoms with Crippen molar-refractivity contribution in [3.63, 3.8) is 0 Å². The van der Waals surface area contributed by atoms with E-state index < -0.39 is 18.2 Å². The van der Waals surface area contributed by atoms with Gasteiger partial charge in [-0.25, -0.2) is 5.01 Å². The van der Waals surface area contributed by atoms with Gasteiger partial charge in [0.1, 0.15) is 12.2 Å². The van der Waals surface area contributed by atoms with Crippen molar-refractivity contribution in [2.24, 2.45) is 5.10 Å². The van der Waals surface area contributed by atoms with Crippen LogP contribution in [0.15, 0.2) is 64.7 Å². The molecule has 0 bridgehead atoms. The number of benzene rings is 2. The molecule has 1 amide bonds. The Balaban J connectivity index is 1.53. The largest absolute Gasteiger partial charge is 0.480 e. The van der Waals surface area contributed by atoms with Gasteiger partial charge in [-0.15, -0.1) is 11.8 Å². The van der Waals surface area contributed by atoms with Gasteiger partial charge in [0.2, 0.25) is 5.91 Å². The van der Waals surface area contributed by atoms with Crippen molar-refractivity contribution in [3.8, 4) is 0 Å². The lowest BCUT2D eigenvalue weighted by Gasteiger charge is -2.25. The monoisotopic (exact) mass is 436 g/mol. The van der Waals surface area contributed by atoms with Crippen LogP contribution in [0.1, 0.15) is 24.5 Å². The molecule has 7 nitrogen and oxygen atoms in total. The molecule has 0 spiro atoms. The Bertz CT molecular complexity index is 1140. The molecule has 0 radical (unpaired) electrons. The Hall–Kier alpha value is -3.10. The second-order valence-electron chi connectivity index (χ2n) is 7.48. The van der Waals surface area contributed by atoms with E-state index in [-0.39, 0.29) is 5.91 Å². The van der Waals surface area contributed by atoms with Crippen LogP contribution >= 0.6 is 11.8 Å². The van der Waals surface area contributed by atoms with Crippen molar-refractivity contribution >= 4 is 40.3 Å². The van der Waals surface area contributed by atoms with Crippen molar-refractivity contribution in [2.45, 2.75) is 36.9 Å². The fraction of sp³-hybridized carbons (Fsp3) is 0.261. The van der Waals surface area contributed by atoms with Gasteiger partial charge < -0.3 is 10.1 Å². The Morgan fingerprint density at radius 2 is 2.00 bits per heavy atom. The maximum Gasteiger partial charge on any atom is 0.321 e. The summed E-state index contributed by atoms with van der Waals surface area (Å²) in [5, 5.41) is 19.8. The summed E-state index contributed by atoms with van der Waals surface area (Å²) in [5.41, 5.74) is 3.57. The predicted octanol–water partition coefficient (Wildman–Crippen LogP) is 3.46. The molecule has 2 atom stereocenters. The number of nitrogens with one attached hydrogen (secondary N) is 2. The number of carbonyl (C=O) groups is 2. The molecule has 8 heteroatoms. The molecule has 4 rings (SSSR count). The number of carboxylic acids is 1. The first-order valence-electron chi connectivity index (χ1n) is 10.0. The smallest absolute Gasteiger partial charge is 0.321 e. The van der Waals surface area contributed by atoms with Gasteiger partial charge in [0, 0.05) is 41.8 Å². The SMILES string of the molecule is CSc1ccc(C2=NN(C(C)=O)[C@@H](N[C@@H](Cc3c[nH]c4ccccc34)C(=O)O)C2)cc1. The Labute approximate surface area is 184 Å². The van der Waals surface area contributed by atoms with Gasteiger partial charge >= 0.3 is 5.97 Å². The fourth-order valence-electron chi connectivity index (χ4n) is 3.86. The number of rotatable bonds is 7. The number of aromatic amines is 1. The molecule has 0 aliphatic carbocycles. The summed E-state index contributed by atoms with van der Waals surface area (Å²) in [5.74, 6) is -1.20. The van der Waals surface area contributed by atoms with E-state index in [1.807, 2.05) is 61.0 Å². The van der Waals surface area contributed by atoms with Crippen LogP contribution in [0.2, 0.25) is 0 Å². The number of hydrogen-bond acceptors (Lipinski definition) is 5. The zero-order valence-corrected chi connectivity index (χ0v) is 18.1.